The molecule has 0 spiro atoms. The van der Waals surface area contributed by atoms with Gasteiger partial charge in [-0.2, -0.15) is 11.8 Å². The van der Waals surface area contributed by atoms with Gasteiger partial charge in [-0.15, -0.1) is 0 Å². The molecule has 0 aromatic carbocycles. The molecule has 1 fully saturated rings. The lowest BCUT2D eigenvalue weighted by atomic mass is 9.87. The summed E-state index contributed by atoms with van der Waals surface area (Å²) in [6, 6.07) is 0.737. The van der Waals surface area contributed by atoms with Gasteiger partial charge in [-0.05, 0) is 37.2 Å². The Morgan fingerprint density at radius 2 is 2.00 bits per heavy atom. The molecule has 108 valence electrons. The summed E-state index contributed by atoms with van der Waals surface area (Å²) in [6.45, 7) is 13.0. The Bertz CT molecular complexity index is 229. The van der Waals surface area contributed by atoms with E-state index < -0.39 is 0 Å². The molecule has 2 nitrogen and oxygen atoms in total. The zero-order valence-corrected chi connectivity index (χ0v) is 13.8. The molecule has 1 rings (SSSR count). The van der Waals surface area contributed by atoms with Crippen LogP contribution in [-0.4, -0.2) is 48.1 Å². The summed E-state index contributed by atoms with van der Waals surface area (Å²) in [6.07, 6.45) is 5.97. The minimum Gasteiger partial charge on any atom is -0.308 e. The van der Waals surface area contributed by atoms with Crippen molar-refractivity contribution in [1.29, 1.82) is 0 Å². The number of rotatable bonds is 7. The molecule has 18 heavy (non-hydrogen) atoms. The predicted molar refractivity (Wildman–Crippen MR) is 84.5 cm³/mol. The van der Waals surface area contributed by atoms with Gasteiger partial charge in [0, 0.05) is 31.2 Å². The van der Waals surface area contributed by atoms with Crippen LogP contribution in [0.3, 0.4) is 0 Å². The van der Waals surface area contributed by atoms with E-state index in [4.69, 9.17) is 0 Å². The van der Waals surface area contributed by atoms with Crippen molar-refractivity contribution in [3.63, 3.8) is 0 Å². The lowest BCUT2D eigenvalue weighted by molar-refractivity contribution is 0.0617. The van der Waals surface area contributed by atoms with Crippen molar-refractivity contribution in [2.45, 2.75) is 58.5 Å². The third-order valence-electron chi connectivity index (χ3n) is 4.56. The average molecular weight is 273 g/mol. The van der Waals surface area contributed by atoms with E-state index in [1.165, 1.54) is 44.6 Å². The minimum absolute atomic E-state index is 0.366. The highest BCUT2D eigenvalue weighted by Crippen LogP contribution is 2.25. The molecule has 0 radical (unpaired) electrons. The minimum atomic E-state index is 0.366. The van der Waals surface area contributed by atoms with Crippen LogP contribution in [0.15, 0.2) is 0 Å². The van der Waals surface area contributed by atoms with E-state index in [0.29, 0.717) is 5.54 Å². The van der Waals surface area contributed by atoms with Crippen molar-refractivity contribution in [3.8, 4) is 0 Å². The van der Waals surface area contributed by atoms with Gasteiger partial charge in [-0.3, -0.25) is 4.90 Å². The maximum absolute atomic E-state index is 3.82. The highest BCUT2D eigenvalue weighted by Gasteiger charge is 2.36. The van der Waals surface area contributed by atoms with E-state index in [-0.39, 0.29) is 0 Å². The Morgan fingerprint density at radius 1 is 1.33 bits per heavy atom. The topological polar surface area (TPSA) is 15.3 Å². The van der Waals surface area contributed by atoms with E-state index in [0.717, 1.165) is 12.0 Å². The molecule has 0 amide bonds. The number of hydrogen-bond acceptors (Lipinski definition) is 3. The van der Waals surface area contributed by atoms with Crippen LogP contribution < -0.4 is 5.32 Å². The number of piperazine rings is 1. The van der Waals surface area contributed by atoms with Crippen LogP contribution >= 0.6 is 11.8 Å². The number of hydrogen-bond donors (Lipinski definition) is 1. The normalized spacial score (nSPS) is 26.2. The van der Waals surface area contributed by atoms with Crippen molar-refractivity contribution in [1.82, 2.24) is 10.2 Å². The maximum atomic E-state index is 3.82. The number of nitrogens with one attached hydrogen (secondary N) is 1. The predicted octanol–water partition coefficient (Wildman–Crippen LogP) is 3.23. The van der Waals surface area contributed by atoms with Crippen molar-refractivity contribution < 1.29 is 0 Å². The van der Waals surface area contributed by atoms with Gasteiger partial charge in [0.05, 0.1) is 0 Å². The third-order valence-corrected chi connectivity index (χ3v) is 5.46. The lowest BCUT2D eigenvalue weighted by Gasteiger charge is -2.48. The van der Waals surface area contributed by atoms with Crippen molar-refractivity contribution in [2.75, 3.05) is 31.6 Å². The molecule has 0 aromatic rings. The summed E-state index contributed by atoms with van der Waals surface area (Å²) in [4.78, 5) is 2.75. The summed E-state index contributed by atoms with van der Waals surface area (Å²) in [5.41, 5.74) is 0.366. The van der Waals surface area contributed by atoms with E-state index in [2.05, 4.69) is 44.2 Å². The van der Waals surface area contributed by atoms with E-state index in [1.54, 1.807) is 0 Å². The molecule has 0 bridgehead atoms. The van der Waals surface area contributed by atoms with Gasteiger partial charge in [0.2, 0.25) is 0 Å². The van der Waals surface area contributed by atoms with Gasteiger partial charge in [0.15, 0.2) is 0 Å². The van der Waals surface area contributed by atoms with E-state index >= 15 is 0 Å². The van der Waals surface area contributed by atoms with Crippen LogP contribution in [0, 0.1) is 5.92 Å². The van der Waals surface area contributed by atoms with Crippen LogP contribution in [0.4, 0.5) is 0 Å². The maximum Gasteiger partial charge on any atom is 0.0304 e. The zero-order valence-electron chi connectivity index (χ0n) is 13.0. The molecule has 1 heterocycles. The van der Waals surface area contributed by atoms with Gasteiger partial charge in [-0.1, -0.05) is 27.7 Å². The van der Waals surface area contributed by atoms with Gasteiger partial charge in [-0.25, -0.2) is 0 Å². The van der Waals surface area contributed by atoms with Crippen LogP contribution in [0.25, 0.3) is 0 Å². The Labute approximate surface area is 118 Å². The molecule has 2 atom stereocenters. The van der Waals surface area contributed by atoms with Crippen molar-refractivity contribution >= 4 is 11.8 Å². The second-order valence-electron chi connectivity index (χ2n) is 5.92. The first kappa shape index (κ1) is 16.3. The first-order chi connectivity index (χ1) is 8.60. The smallest absolute Gasteiger partial charge is 0.0304 e. The molecular formula is C15H32N2S. The van der Waals surface area contributed by atoms with E-state index in [1.807, 2.05) is 11.8 Å². The molecule has 1 aliphatic heterocycles. The van der Waals surface area contributed by atoms with Crippen LogP contribution in [0.2, 0.25) is 0 Å². The Morgan fingerprint density at radius 3 is 2.50 bits per heavy atom. The van der Waals surface area contributed by atoms with Crippen molar-refractivity contribution in [2.24, 2.45) is 5.92 Å². The first-order valence-corrected chi connectivity index (χ1v) is 8.98. The molecule has 0 saturated carbocycles. The molecule has 1 N–H and O–H groups in total. The molecule has 0 aromatic heterocycles. The largest absolute Gasteiger partial charge is 0.308 e. The first-order valence-electron chi connectivity index (χ1n) is 7.58. The summed E-state index contributed by atoms with van der Waals surface area (Å²) < 4.78 is 0. The second kappa shape index (κ2) is 7.76. The molecule has 1 saturated heterocycles. The Kier molecular flexibility index (Phi) is 7.04. The summed E-state index contributed by atoms with van der Waals surface area (Å²) in [5.74, 6) is 2.09. The SMILES string of the molecule is CCC1CNC(CC)(CC)CN1CC(C)CSC. The molecular weight excluding hydrogens is 240 g/mol. The van der Waals surface area contributed by atoms with Gasteiger partial charge in [0.25, 0.3) is 0 Å². The number of thioether (sulfide) groups is 1. The molecule has 2 unspecified atom stereocenters. The van der Waals surface area contributed by atoms with Gasteiger partial charge < -0.3 is 5.32 Å². The average Bonchev–Trinajstić information content (AvgIpc) is 2.39. The Hall–Kier alpha value is 0.270. The fraction of sp³-hybridized carbons (Fsp3) is 1.00. The molecule has 0 aliphatic carbocycles. The monoisotopic (exact) mass is 272 g/mol. The van der Waals surface area contributed by atoms with Crippen LogP contribution in [-0.2, 0) is 0 Å². The summed E-state index contributed by atoms with van der Waals surface area (Å²) >= 11 is 1.98. The molecule has 1 aliphatic rings. The fourth-order valence-electron chi connectivity index (χ4n) is 3.11. The summed E-state index contributed by atoms with van der Waals surface area (Å²) in [7, 11) is 0. The van der Waals surface area contributed by atoms with Crippen LogP contribution in [0.5, 0.6) is 0 Å². The highest BCUT2D eigenvalue weighted by atomic mass is 32.2. The van der Waals surface area contributed by atoms with Crippen LogP contribution in [0.1, 0.15) is 47.0 Å². The fourth-order valence-corrected chi connectivity index (χ4v) is 3.79. The highest BCUT2D eigenvalue weighted by molar-refractivity contribution is 7.98. The van der Waals surface area contributed by atoms with Gasteiger partial charge >= 0.3 is 0 Å². The Balaban J connectivity index is 2.64. The number of nitrogens with zero attached hydrogens (tertiary/aromatic N) is 1. The standard InChI is InChI=1S/C15H32N2S/c1-6-14-9-16-15(7-2,8-3)12-17(14)10-13(4)11-18-5/h13-14,16H,6-12H2,1-5H3. The summed E-state index contributed by atoms with van der Waals surface area (Å²) in [5, 5.41) is 3.82. The lowest BCUT2D eigenvalue weighted by Crippen LogP contribution is -2.64. The van der Waals surface area contributed by atoms with Crippen molar-refractivity contribution in [3.05, 3.63) is 0 Å². The molecule has 3 heteroatoms. The quantitative estimate of drug-likeness (QED) is 0.766. The van der Waals surface area contributed by atoms with Gasteiger partial charge in [0.1, 0.15) is 0 Å². The third kappa shape index (κ3) is 4.14. The van der Waals surface area contributed by atoms with E-state index in [9.17, 15) is 0 Å². The second-order valence-corrected chi connectivity index (χ2v) is 6.83. The zero-order chi connectivity index (χ0) is 13.6.